The van der Waals surface area contributed by atoms with Gasteiger partial charge in [0.1, 0.15) is 11.9 Å². The van der Waals surface area contributed by atoms with Crippen molar-refractivity contribution in [1.29, 1.82) is 0 Å². The Morgan fingerprint density at radius 1 is 1.58 bits per heavy atom. The molecular formula is C14H20N2O3. The van der Waals surface area contributed by atoms with Crippen molar-refractivity contribution in [3.05, 3.63) is 23.9 Å². The van der Waals surface area contributed by atoms with Crippen molar-refractivity contribution in [2.75, 3.05) is 19.0 Å². The lowest BCUT2D eigenvalue weighted by molar-refractivity contribution is -0.126. The number of hydrogen-bond acceptors (Lipinski definition) is 4. The smallest absolute Gasteiger partial charge is 0.254 e. The van der Waals surface area contributed by atoms with Gasteiger partial charge in [0.2, 0.25) is 0 Å². The van der Waals surface area contributed by atoms with Gasteiger partial charge in [-0.15, -0.1) is 0 Å². The molecule has 1 N–H and O–H groups in total. The normalized spacial score (nSPS) is 22.4. The summed E-state index contributed by atoms with van der Waals surface area (Å²) in [6.07, 6.45) is 4.02. The number of nitrogens with one attached hydrogen (secondary N) is 1. The monoisotopic (exact) mass is 264 g/mol. The van der Waals surface area contributed by atoms with E-state index in [9.17, 15) is 4.79 Å². The molecule has 5 nitrogen and oxygen atoms in total. The van der Waals surface area contributed by atoms with Crippen LogP contribution in [0.25, 0.3) is 0 Å². The minimum atomic E-state index is -0.348. The van der Waals surface area contributed by atoms with E-state index in [1.807, 2.05) is 19.1 Å². The highest BCUT2D eigenvalue weighted by Crippen LogP contribution is 2.20. The van der Waals surface area contributed by atoms with Crippen molar-refractivity contribution in [3.8, 4) is 0 Å². The first-order chi connectivity index (χ1) is 9.19. The van der Waals surface area contributed by atoms with Gasteiger partial charge in [-0.1, -0.05) is 0 Å². The van der Waals surface area contributed by atoms with Crippen molar-refractivity contribution < 1.29 is 14.3 Å². The third-order valence-electron chi connectivity index (χ3n) is 3.19. The number of amides is 1. The van der Waals surface area contributed by atoms with Gasteiger partial charge in [-0.3, -0.25) is 4.79 Å². The van der Waals surface area contributed by atoms with E-state index in [1.165, 1.54) is 0 Å². The van der Waals surface area contributed by atoms with Gasteiger partial charge < -0.3 is 14.8 Å². The minimum absolute atomic E-state index is 0.110. The van der Waals surface area contributed by atoms with Crippen LogP contribution in [0, 0.1) is 0 Å². The quantitative estimate of drug-likeness (QED) is 0.880. The first-order valence-corrected chi connectivity index (χ1v) is 6.59. The van der Waals surface area contributed by atoms with Crippen molar-refractivity contribution in [2.24, 2.45) is 0 Å². The summed E-state index contributed by atoms with van der Waals surface area (Å²) in [5.41, 5.74) is 1.09. The summed E-state index contributed by atoms with van der Waals surface area (Å²) in [5.74, 6) is 0.461. The number of carbonyl (C=O) groups excluding carboxylic acids is 1. The van der Waals surface area contributed by atoms with E-state index < -0.39 is 0 Å². The van der Waals surface area contributed by atoms with Gasteiger partial charge in [0.15, 0.2) is 0 Å². The highest BCUT2D eigenvalue weighted by atomic mass is 16.5. The Bertz CT molecular complexity index is 436. The van der Waals surface area contributed by atoms with Crippen molar-refractivity contribution in [2.45, 2.75) is 38.4 Å². The first kappa shape index (κ1) is 14.0. The predicted octanol–water partition coefficient (Wildman–Crippen LogP) is 1.78. The van der Waals surface area contributed by atoms with E-state index in [4.69, 9.17) is 9.47 Å². The number of anilines is 1. The molecule has 1 aliphatic rings. The van der Waals surface area contributed by atoms with Crippen LogP contribution in [0.3, 0.4) is 0 Å². The largest absolute Gasteiger partial charge is 0.384 e. The Hall–Kier alpha value is -1.46. The number of carbonyl (C=O) groups is 1. The molecule has 1 fully saturated rings. The molecule has 1 amide bonds. The van der Waals surface area contributed by atoms with Gasteiger partial charge in [-0.2, -0.15) is 0 Å². The van der Waals surface area contributed by atoms with Crippen LogP contribution in [0.2, 0.25) is 0 Å². The lowest BCUT2D eigenvalue weighted by Crippen LogP contribution is -2.28. The summed E-state index contributed by atoms with van der Waals surface area (Å²) in [6, 6.07) is 3.79. The van der Waals surface area contributed by atoms with Crippen molar-refractivity contribution in [1.82, 2.24) is 4.98 Å². The maximum atomic E-state index is 12.0. The summed E-state index contributed by atoms with van der Waals surface area (Å²) in [4.78, 5) is 16.1. The summed E-state index contributed by atoms with van der Waals surface area (Å²) >= 11 is 0. The van der Waals surface area contributed by atoms with Gasteiger partial charge in [0.05, 0.1) is 12.7 Å². The molecule has 104 valence electrons. The highest BCUT2D eigenvalue weighted by Gasteiger charge is 2.28. The summed E-state index contributed by atoms with van der Waals surface area (Å²) < 4.78 is 10.6. The van der Waals surface area contributed by atoms with E-state index in [0.717, 1.165) is 24.8 Å². The molecule has 2 atom stereocenters. The van der Waals surface area contributed by atoms with Gasteiger partial charge >= 0.3 is 0 Å². The Labute approximate surface area is 113 Å². The molecule has 1 aliphatic heterocycles. The lowest BCUT2D eigenvalue weighted by Gasteiger charge is -2.11. The number of rotatable bonds is 5. The average molecular weight is 264 g/mol. The SMILES string of the molecule is COCCc1ccnc(NC(=O)[C@@H]2CC[C@H](C)O2)c1. The molecule has 1 aromatic rings. The third-order valence-corrected chi connectivity index (χ3v) is 3.19. The maximum Gasteiger partial charge on any atom is 0.254 e. The second-order valence-electron chi connectivity index (χ2n) is 4.79. The standard InChI is InChI=1S/C14H20N2O3/c1-10-3-4-12(19-10)14(17)16-13-9-11(5-7-15-13)6-8-18-2/h5,7,9-10,12H,3-4,6,8H2,1-2H3,(H,15,16,17)/t10-,12-/m0/s1. The molecule has 1 saturated heterocycles. The van der Waals surface area contributed by atoms with Gasteiger partial charge in [0.25, 0.3) is 5.91 Å². The van der Waals surface area contributed by atoms with Crippen LogP contribution in [0.15, 0.2) is 18.3 Å². The molecular weight excluding hydrogens is 244 g/mol. The second-order valence-corrected chi connectivity index (χ2v) is 4.79. The fourth-order valence-corrected chi connectivity index (χ4v) is 2.12. The Morgan fingerprint density at radius 3 is 3.11 bits per heavy atom. The van der Waals surface area contributed by atoms with Gasteiger partial charge in [-0.05, 0) is 43.9 Å². The molecule has 0 radical (unpaired) electrons. The fourth-order valence-electron chi connectivity index (χ4n) is 2.12. The molecule has 2 rings (SSSR count). The van der Waals surface area contributed by atoms with Crippen LogP contribution in [-0.2, 0) is 20.7 Å². The number of methoxy groups -OCH3 is 1. The van der Waals surface area contributed by atoms with Crippen LogP contribution in [0.4, 0.5) is 5.82 Å². The maximum absolute atomic E-state index is 12.0. The lowest BCUT2D eigenvalue weighted by atomic mass is 10.2. The van der Waals surface area contributed by atoms with E-state index in [0.29, 0.717) is 12.4 Å². The van der Waals surface area contributed by atoms with Crippen LogP contribution in [-0.4, -0.2) is 36.8 Å². The predicted molar refractivity (Wildman–Crippen MR) is 72.0 cm³/mol. The molecule has 0 unspecified atom stereocenters. The molecule has 5 heteroatoms. The number of aromatic nitrogens is 1. The third kappa shape index (κ3) is 4.01. The number of nitrogens with zero attached hydrogens (tertiary/aromatic N) is 1. The van der Waals surface area contributed by atoms with Gasteiger partial charge in [-0.25, -0.2) is 4.98 Å². The zero-order valence-corrected chi connectivity index (χ0v) is 11.4. The summed E-state index contributed by atoms with van der Waals surface area (Å²) in [6.45, 7) is 2.64. The topological polar surface area (TPSA) is 60.5 Å². The molecule has 0 aromatic carbocycles. The van der Waals surface area contributed by atoms with Crippen molar-refractivity contribution in [3.63, 3.8) is 0 Å². The van der Waals surface area contributed by atoms with E-state index in [-0.39, 0.29) is 18.1 Å². The van der Waals surface area contributed by atoms with Crippen LogP contribution in [0.5, 0.6) is 0 Å². The Balaban J connectivity index is 1.93. The van der Waals surface area contributed by atoms with E-state index in [1.54, 1.807) is 13.3 Å². The average Bonchev–Trinajstić information content (AvgIpc) is 2.83. The molecule has 2 heterocycles. The molecule has 0 spiro atoms. The molecule has 19 heavy (non-hydrogen) atoms. The summed E-state index contributed by atoms with van der Waals surface area (Å²) in [7, 11) is 1.67. The number of pyridine rings is 1. The molecule has 0 saturated carbocycles. The second kappa shape index (κ2) is 6.63. The Kier molecular flexibility index (Phi) is 4.87. The van der Waals surface area contributed by atoms with Crippen LogP contribution < -0.4 is 5.32 Å². The van der Waals surface area contributed by atoms with E-state index in [2.05, 4.69) is 10.3 Å². The number of hydrogen-bond donors (Lipinski definition) is 1. The first-order valence-electron chi connectivity index (χ1n) is 6.59. The molecule has 1 aromatic heterocycles. The van der Waals surface area contributed by atoms with Crippen LogP contribution >= 0.6 is 0 Å². The zero-order chi connectivity index (χ0) is 13.7. The minimum Gasteiger partial charge on any atom is -0.384 e. The van der Waals surface area contributed by atoms with Crippen LogP contribution in [0.1, 0.15) is 25.3 Å². The van der Waals surface area contributed by atoms with Gasteiger partial charge in [0, 0.05) is 13.3 Å². The fraction of sp³-hybridized carbons (Fsp3) is 0.571. The van der Waals surface area contributed by atoms with E-state index >= 15 is 0 Å². The zero-order valence-electron chi connectivity index (χ0n) is 11.4. The highest BCUT2D eigenvalue weighted by molar-refractivity contribution is 5.93. The molecule has 0 aliphatic carbocycles. The Morgan fingerprint density at radius 2 is 2.42 bits per heavy atom. The number of ether oxygens (including phenoxy) is 2. The summed E-state index contributed by atoms with van der Waals surface area (Å²) in [5, 5.41) is 2.81. The van der Waals surface area contributed by atoms with Crippen molar-refractivity contribution >= 4 is 11.7 Å². The molecule has 0 bridgehead atoms.